The minimum atomic E-state index is -0.284. The number of anilines is 1. The van der Waals surface area contributed by atoms with Crippen molar-refractivity contribution in [2.45, 2.75) is 19.8 Å². The fourth-order valence-electron chi connectivity index (χ4n) is 2.57. The van der Waals surface area contributed by atoms with Crippen LogP contribution in [0.5, 0.6) is 5.75 Å². The average Bonchev–Trinajstić information content (AvgIpc) is 2.42. The predicted octanol–water partition coefficient (Wildman–Crippen LogP) is 2.66. The summed E-state index contributed by atoms with van der Waals surface area (Å²) in [7, 11) is 2.02. The van der Waals surface area contributed by atoms with E-state index >= 15 is 0 Å². The molecule has 2 rings (SSSR count). The van der Waals surface area contributed by atoms with Gasteiger partial charge in [-0.15, -0.1) is 0 Å². The van der Waals surface area contributed by atoms with Gasteiger partial charge in [0, 0.05) is 25.3 Å². The Morgan fingerprint density at radius 3 is 2.95 bits per heavy atom. The highest BCUT2D eigenvalue weighted by Crippen LogP contribution is 2.24. The Balaban J connectivity index is 1.98. The summed E-state index contributed by atoms with van der Waals surface area (Å²) >= 11 is 0. The molecule has 106 valence electrons. The number of rotatable bonds is 5. The van der Waals surface area contributed by atoms with Crippen LogP contribution in [-0.4, -0.2) is 33.3 Å². The van der Waals surface area contributed by atoms with E-state index in [0.29, 0.717) is 18.3 Å². The molecular weight excluding hydrogens is 243 g/mol. The van der Waals surface area contributed by atoms with Crippen LogP contribution in [0.15, 0.2) is 18.2 Å². The van der Waals surface area contributed by atoms with Crippen LogP contribution in [0, 0.1) is 11.7 Å². The van der Waals surface area contributed by atoms with E-state index in [2.05, 4.69) is 10.2 Å². The van der Waals surface area contributed by atoms with Crippen LogP contribution in [0.1, 0.15) is 19.8 Å². The van der Waals surface area contributed by atoms with E-state index < -0.39 is 0 Å². The van der Waals surface area contributed by atoms with Crippen molar-refractivity contribution in [3.8, 4) is 5.75 Å². The van der Waals surface area contributed by atoms with E-state index in [1.165, 1.54) is 12.8 Å². The van der Waals surface area contributed by atoms with Gasteiger partial charge in [-0.1, -0.05) is 0 Å². The van der Waals surface area contributed by atoms with Crippen molar-refractivity contribution >= 4 is 5.69 Å². The second-order valence-corrected chi connectivity index (χ2v) is 5.14. The third-order valence-corrected chi connectivity index (χ3v) is 3.59. The van der Waals surface area contributed by atoms with Gasteiger partial charge in [0.2, 0.25) is 0 Å². The Kier molecular flexibility index (Phi) is 5.02. The highest BCUT2D eigenvalue weighted by molar-refractivity contribution is 5.49. The molecule has 0 aliphatic carbocycles. The zero-order chi connectivity index (χ0) is 13.7. The number of halogens is 1. The van der Waals surface area contributed by atoms with Crippen LogP contribution in [0.3, 0.4) is 0 Å². The number of nitrogens with one attached hydrogen (secondary N) is 1. The number of piperidine rings is 1. The molecule has 1 heterocycles. The molecule has 0 spiro atoms. The van der Waals surface area contributed by atoms with Gasteiger partial charge in [-0.2, -0.15) is 0 Å². The SMILES string of the molecule is CCOc1ccc(N(C)CC2CCCNC2)cc1F. The van der Waals surface area contributed by atoms with Crippen LogP contribution in [0.4, 0.5) is 10.1 Å². The summed E-state index contributed by atoms with van der Waals surface area (Å²) < 4.78 is 19.0. The average molecular weight is 266 g/mol. The molecule has 3 nitrogen and oxygen atoms in total. The Morgan fingerprint density at radius 1 is 1.47 bits per heavy atom. The van der Waals surface area contributed by atoms with E-state index in [1.54, 1.807) is 12.1 Å². The van der Waals surface area contributed by atoms with Crippen molar-refractivity contribution in [1.29, 1.82) is 0 Å². The third kappa shape index (κ3) is 3.83. The number of hydrogen-bond acceptors (Lipinski definition) is 3. The van der Waals surface area contributed by atoms with Gasteiger partial charge in [0.05, 0.1) is 6.61 Å². The maximum atomic E-state index is 13.8. The highest BCUT2D eigenvalue weighted by Gasteiger charge is 2.16. The van der Waals surface area contributed by atoms with E-state index in [-0.39, 0.29) is 5.82 Å². The largest absolute Gasteiger partial charge is 0.491 e. The summed E-state index contributed by atoms with van der Waals surface area (Å²) in [5.74, 6) is 0.695. The van der Waals surface area contributed by atoms with Crippen molar-refractivity contribution in [1.82, 2.24) is 5.32 Å². The molecule has 1 N–H and O–H groups in total. The minimum Gasteiger partial charge on any atom is -0.491 e. The van der Waals surface area contributed by atoms with Crippen molar-refractivity contribution < 1.29 is 9.13 Å². The summed E-state index contributed by atoms with van der Waals surface area (Å²) in [5.41, 5.74) is 0.909. The second kappa shape index (κ2) is 6.75. The third-order valence-electron chi connectivity index (χ3n) is 3.59. The molecule has 1 atom stereocenters. The summed E-state index contributed by atoms with van der Waals surface area (Å²) in [6.07, 6.45) is 2.48. The fourth-order valence-corrected chi connectivity index (χ4v) is 2.57. The lowest BCUT2D eigenvalue weighted by atomic mass is 9.99. The maximum Gasteiger partial charge on any atom is 0.167 e. The number of ether oxygens (including phenoxy) is 1. The molecule has 4 heteroatoms. The first-order chi connectivity index (χ1) is 9.20. The molecule has 1 aliphatic heterocycles. The quantitative estimate of drug-likeness (QED) is 0.886. The van der Waals surface area contributed by atoms with Crippen LogP contribution < -0.4 is 15.0 Å². The van der Waals surface area contributed by atoms with E-state index in [4.69, 9.17) is 4.74 Å². The van der Waals surface area contributed by atoms with Crippen molar-refractivity contribution in [3.05, 3.63) is 24.0 Å². The van der Waals surface area contributed by atoms with E-state index in [9.17, 15) is 4.39 Å². The molecule has 0 bridgehead atoms. The molecule has 0 saturated carbocycles. The first-order valence-corrected chi connectivity index (χ1v) is 7.05. The lowest BCUT2D eigenvalue weighted by molar-refractivity contribution is 0.321. The highest BCUT2D eigenvalue weighted by atomic mass is 19.1. The lowest BCUT2D eigenvalue weighted by Crippen LogP contribution is -2.36. The lowest BCUT2D eigenvalue weighted by Gasteiger charge is -2.29. The summed E-state index contributed by atoms with van der Waals surface area (Å²) in [6.45, 7) is 5.48. The Hall–Kier alpha value is -1.29. The van der Waals surface area contributed by atoms with Crippen LogP contribution in [-0.2, 0) is 0 Å². The molecule has 1 aliphatic rings. The molecule has 0 radical (unpaired) electrons. The maximum absolute atomic E-state index is 13.8. The zero-order valence-corrected chi connectivity index (χ0v) is 11.8. The molecule has 1 aromatic carbocycles. The van der Waals surface area contributed by atoms with Crippen molar-refractivity contribution in [3.63, 3.8) is 0 Å². The fraction of sp³-hybridized carbons (Fsp3) is 0.600. The predicted molar refractivity (Wildman–Crippen MR) is 76.4 cm³/mol. The van der Waals surface area contributed by atoms with Gasteiger partial charge >= 0.3 is 0 Å². The molecule has 1 fully saturated rings. The van der Waals surface area contributed by atoms with Gasteiger partial charge in [0.25, 0.3) is 0 Å². The van der Waals surface area contributed by atoms with Crippen molar-refractivity contribution in [2.24, 2.45) is 5.92 Å². The molecule has 0 aromatic heterocycles. The first-order valence-electron chi connectivity index (χ1n) is 7.05. The number of hydrogen-bond donors (Lipinski definition) is 1. The molecule has 0 amide bonds. The van der Waals surface area contributed by atoms with Crippen LogP contribution >= 0.6 is 0 Å². The van der Waals surface area contributed by atoms with Gasteiger partial charge in [0.15, 0.2) is 11.6 Å². The second-order valence-electron chi connectivity index (χ2n) is 5.14. The normalized spacial score (nSPS) is 19.2. The summed E-state index contributed by atoms with van der Waals surface area (Å²) in [5, 5.41) is 3.41. The zero-order valence-electron chi connectivity index (χ0n) is 11.8. The Labute approximate surface area is 114 Å². The Bertz CT molecular complexity index is 405. The smallest absolute Gasteiger partial charge is 0.167 e. The molecule has 1 unspecified atom stereocenters. The molecule has 1 saturated heterocycles. The summed E-state index contributed by atoms with van der Waals surface area (Å²) in [6, 6.07) is 5.19. The number of benzene rings is 1. The first kappa shape index (κ1) is 14.1. The van der Waals surface area contributed by atoms with Crippen molar-refractivity contribution in [2.75, 3.05) is 38.2 Å². The molecule has 19 heavy (non-hydrogen) atoms. The minimum absolute atomic E-state index is 0.284. The van der Waals surface area contributed by atoms with Gasteiger partial charge in [-0.3, -0.25) is 0 Å². The summed E-state index contributed by atoms with van der Waals surface area (Å²) in [4.78, 5) is 2.12. The van der Waals surface area contributed by atoms with Gasteiger partial charge < -0.3 is 15.0 Å². The van der Waals surface area contributed by atoms with E-state index in [1.807, 2.05) is 20.0 Å². The van der Waals surface area contributed by atoms with Gasteiger partial charge in [-0.25, -0.2) is 4.39 Å². The number of nitrogens with zero attached hydrogens (tertiary/aromatic N) is 1. The van der Waals surface area contributed by atoms with Gasteiger partial charge in [-0.05, 0) is 50.9 Å². The van der Waals surface area contributed by atoms with E-state index in [0.717, 1.165) is 25.3 Å². The molecule has 1 aromatic rings. The molecular formula is C15H23FN2O. The van der Waals surface area contributed by atoms with Gasteiger partial charge in [0.1, 0.15) is 0 Å². The monoisotopic (exact) mass is 266 g/mol. The van der Waals surface area contributed by atoms with Crippen LogP contribution in [0.2, 0.25) is 0 Å². The van der Waals surface area contributed by atoms with Crippen LogP contribution in [0.25, 0.3) is 0 Å². The Morgan fingerprint density at radius 2 is 2.32 bits per heavy atom. The topological polar surface area (TPSA) is 24.5 Å². The standard InChI is InChI=1S/C15H23FN2O/c1-3-19-15-7-6-13(9-14(15)16)18(2)11-12-5-4-8-17-10-12/h6-7,9,12,17H,3-5,8,10-11H2,1-2H3.